The number of hydrogen-bond donors (Lipinski definition) is 3. The van der Waals surface area contributed by atoms with Crippen LogP contribution >= 0.6 is 0 Å². The van der Waals surface area contributed by atoms with E-state index < -0.39 is 16.9 Å². The van der Waals surface area contributed by atoms with Crippen LogP contribution in [0.25, 0.3) is 0 Å². The number of nitrogens with zero attached hydrogens (tertiary/aromatic N) is 1. The number of aromatic carboxylic acids is 1. The van der Waals surface area contributed by atoms with Gasteiger partial charge in [0.2, 0.25) is 5.91 Å². The summed E-state index contributed by atoms with van der Waals surface area (Å²) in [6, 6.07) is 2.79. The fourth-order valence-corrected chi connectivity index (χ4v) is 1.56. The van der Waals surface area contributed by atoms with E-state index in [2.05, 4.69) is 10.6 Å². The number of carboxylic acid groups (broad SMARTS) is 1. The lowest BCUT2D eigenvalue weighted by atomic mass is 10.1. The molecule has 0 aliphatic carbocycles. The van der Waals surface area contributed by atoms with Gasteiger partial charge in [0.1, 0.15) is 11.7 Å². The Bertz CT molecular complexity index is 544. The number of benzene rings is 1. The first-order chi connectivity index (χ1) is 9.36. The number of nitro benzene ring substituents is 1. The van der Waals surface area contributed by atoms with Gasteiger partial charge in [-0.3, -0.25) is 14.9 Å². The molecular formula is C12H15N3O5. The molecule has 0 radical (unpaired) electrons. The second-order valence-corrected chi connectivity index (χ2v) is 4.05. The summed E-state index contributed by atoms with van der Waals surface area (Å²) >= 11 is 0. The third-order valence-electron chi connectivity index (χ3n) is 2.56. The zero-order chi connectivity index (χ0) is 15.3. The van der Waals surface area contributed by atoms with E-state index in [0.29, 0.717) is 6.54 Å². The molecule has 1 amide bonds. The van der Waals surface area contributed by atoms with Gasteiger partial charge in [0.05, 0.1) is 10.5 Å². The van der Waals surface area contributed by atoms with Gasteiger partial charge < -0.3 is 15.7 Å². The highest BCUT2D eigenvalue weighted by atomic mass is 16.6. The molecule has 0 saturated heterocycles. The molecule has 8 heteroatoms. The van der Waals surface area contributed by atoms with Crippen LogP contribution < -0.4 is 10.6 Å². The maximum atomic E-state index is 11.6. The fraction of sp³-hybridized carbons (Fsp3) is 0.333. The molecular weight excluding hydrogens is 266 g/mol. The van der Waals surface area contributed by atoms with Crippen LogP contribution in [-0.2, 0) is 4.79 Å². The minimum Gasteiger partial charge on any atom is -0.478 e. The van der Waals surface area contributed by atoms with Crippen molar-refractivity contribution in [1.82, 2.24) is 5.32 Å². The van der Waals surface area contributed by atoms with Crippen LogP contribution in [0.2, 0.25) is 0 Å². The van der Waals surface area contributed by atoms with Crippen LogP contribution in [0.4, 0.5) is 11.4 Å². The number of likely N-dealkylation sites (N-methyl/N-ethyl adjacent to an activating group) is 1. The SMILES string of the molecule is CCNC(=O)C(C)Nc1ccc(C(=O)O)cc1[N+](=O)[O-]. The number of anilines is 1. The van der Waals surface area contributed by atoms with Crippen molar-refractivity contribution in [2.45, 2.75) is 19.9 Å². The predicted octanol–water partition coefficient (Wildman–Crippen LogP) is 1.23. The fourth-order valence-electron chi connectivity index (χ4n) is 1.56. The van der Waals surface area contributed by atoms with Crippen LogP contribution in [0.15, 0.2) is 18.2 Å². The lowest BCUT2D eigenvalue weighted by Gasteiger charge is -2.14. The summed E-state index contributed by atoms with van der Waals surface area (Å²) in [7, 11) is 0. The number of carbonyl (C=O) groups is 2. The van der Waals surface area contributed by atoms with Crippen molar-refractivity contribution in [2.75, 3.05) is 11.9 Å². The smallest absolute Gasteiger partial charge is 0.335 e. The zero-order valence-corrected chi connectivity index (χ0v) is 11.0. The maximum Gasteiger partial charge on any atom is 0.335 e. The second-order valence-electron chi connectivity index (χ2n) is 4.05. The van der Waals surface area contributed by atoms with E-state index in [1.807, 2.05) is 0 Å². The molecule has 0 spiro atoms. The monoisotopic (exact) mass is 281 g/mol. The first kappa shape index (κ1) is 15.4. The first-order valence-corrected chi connectivity index (χ1v) is 5.92. The molecule has 0 saturated carbocycles. The number of rotatable bonds is 6. The Kier molecular flexibility index (Phi) is 5.01. The van der Waals surface area contributed by atoms with Gasteiger partial charge in [-0.1, -0.05) is 0 Å². The topological polar surface area (TPSA) is 122 Å². The third-order valence-corrected chi connectivity index (χ3v) is 2.56. The number of carbonyl (C=O) groups excluding carboxylic acids is 1. The summed E-state index contributed by atoms with van der Waals surface area (Å²) < 4.78 is 0. The van der Waals surface area contributed by atoms with Gasteiger partial charge in [-0.15, -0.1) is 0 Å². The van der Waals surface area contributed by atoms with Gasteiger partial charge in [0, 0.05) is 12.6 Å². The summed E-state index contributed by atoms with van der Waals surface area (Å²) in [4.78, 5) is 32.6. The highest BCUT2D eigenvalue weighted by Gasteiger charge is 2.20. The molecule has 1 aromatic rings. The molecule has 0 bridgehead atoms. The largest absolute Gasteiger partial charge is 0.478 e. The van der Waals surface area contributed by atoms with E-state index in [1.165, 1.54) is 12.1 Å². The summed E-state index contributed by atoms with van der Waals surface area (Å²) in [5, 5.41) is 25.0. The first-order valence-electron chi connectivity index (χ1n) is 5.92. The third kappa shape index (κ3) is 3.67. The van der Waals surface area contributed by atoms with Crippen molar-refractivity contribution in [3.63, 3.8) is 0 Å². The Morgan fingerprint density at radius 1 is 1.45 bits per heavy atom. The number of amides is 1. The van der Waals surface area contributed by atoms with E-state index >= 15 is 0 Å². The molecule has 1 unspecified atom stereocenters. The number of carboxylic acids is 1. The minimum atomic E-state index is -1.25. The molecule has 0 aliphatic heterocycles. The average molecular weight is 281 g/mol. The molecule has 8 nitrogen and oxygen atoms in total. The van der Waals surface area contributed by atoms with Gasteiger partial charge in [-0.2, -0.15) is 0 Å². The van der Waals surface area contributed by atoms with Crippen molar-refractivity contribution in [3.05, 3.63) is 33.9 Å². The molecule has 3 N–H and O–H groups in total. The minimum absolute atomic E-state index is 0.0961. The Balaban J connectivity index is 3.03. The zero-order valence-electron chi connectivity index (χ0n) is 11.0. The number of hydrogen-bond acceptors (Lipinski definition) is 5. The van der Waals surface area contributed by atoms with E-state index in [-0.39, 0.29) is 22.8 Å². The summed E-state index contributed by atoms with van der Waals surface area (Å²) in [5.74, 6) is -1.56. The standard InChI is InChI=1S/C12H15N3O5/c1-3-13-11(16)7(2)14-9-5-4-8(12(17)18)6-10(9)15(19)20/h4-7,14H,3H2,1-2H3,(H,13,16)(H,17,18). The van der Waals surface area contributed by atoms with Gasteiger partial charge in [-0.25, -0.2) is 4.79 Å². The number of nitro groups is 1. The Hall–Kier alpha value is -2.64. The van der Waals surface area contributed by atoms with E-state index in [9.17, 15) is 19.7 Å². The van der Waals surface area contributed by atoms with Crippen LogP contribution in [0.3, 0.4) is 0 Å². The van der Waals surface area contributed by atoms with Crippen LogP contribution in [-0.4, -0.2) is 34.5 Å². The van der Waals surface area contributed by atoms with Crippen molar-refractivity contribution in [3.8, 4) is 0 Å². The van der Waals surface area contributed by atoms with E-state index in [1.54, 1.807) is 13.8 Å². The van der Waals surface area contributed by atoms with Crippen molar-refractivity contribution in [1.29, 1.82) is 0 Å². The molecule has 1 atom stereocenters. The Labute approximate surface area is 114 Å². The van der Waals surface area contributed by atoms with Gasteiger partial charge >= 0.3 is 5.97 Å². The van der Waals surface area contributed by atoms with Gasteiger partial charge in [-0.05, 0) is 26.0 Å². The Morgan fingerprint density at radius 3 is 2.60 bits per heavy atom. The lowest BCUT2D eigenvalue weighted by molar-refractivity contribution is -0.384. The molecule has 1 aromatic carbocycles. The second kappa shape index (κ2) is 6.50. The highest BCUT2D eigenvalue weighted by Crippen LogP contribution is 2.26. The van der Waals surface area contributed by atoms with Gasteiger partial charge in [0.25, 0.3) is 5.69 Å². The molecule has 20 heavy (non-hydrogen) atoms. The quantitative estimate of drug-likeness (QED) is 0.532. The summed E-state index contributed by atoms with van der Waals surface area (Å²) in [5.41, 5.74) is -0.479. The lowest BCUT2D eigenvalue weighted by Crippen LogP contribution is -2.37. The highest BCUT2D eigenvalue weighted by molar-refractivity contribution is 5.90. The van der Waals surface area contributed by atoms with E-state index in [4.69, 9.17) is 5.11 Å². The average Bonchev–Trinajstić information content (AvgIpc) is 2.38. The summed E-state index contributed by atoms with van der Waals surface area (Å²) in [6.45, 7) is 3.76. The van der Waals surface area contributed by atoms with E-state index in [0.717, 1.165) is 6.07 Å². The molecule has 0 aromatic heterocycles. The van der Waals surface area contributed by atoms with Crippen LogP contribution in [0.1, 0.15) is 24.2 Å². The molecule has 108 valence electrons. The van der Waals surface area contributed by atoms with Crippen molar-refractivity contribution >= 4 is 23.3 Å². The summed E-state index contributed by atoms with van der Waals surface area (Å²) in [6.07, 6.45) is 0. The Morgan fingerprint density at radius 2 is 2.10 bits per heavy atom. The normalized spacial score (nSPS) is 11.5. The number of nitrogens with one attached hydrogen (secondary N) is 2. The predicted molar refractivity (Wildman–Crippen MR) is 71.8 cm³/mol. The van der Waals surface area contributed by atoms with Crippen molar-refractivity contribution < 1.29 is 19.6 Å². The van der Waals surface area contributed by atoms with Crippen molar-refractivity contribution in [2.24, 2.45) is 0 Å². The molecule has 0 aliphatic rings. The van der Waals surface area contributed by atoms with Crippen LogP contribution in [0, 0.1) is 10.1 Å². The molecule has 0 fully saturated rings. The van der Waals surface area contributed by atoms with Crippen LogP contribution in [0.5, 0.6) is 0 Å². The molecule has 1 rings (SSSR count). The van der Waals surface area contributed by atoms with Gasteiger partial charge in [0.15, 0.2) is 0 Å². The maximum absolute atomic E-state index is 11.6. The molecule has 0 heterocycles.